The largest absolute Gasteiger partial charge is 0.496 e. The van der Waals surface area contributed by atoms with Gasteiger partial charge >= 0.3 is 0 Å². The number of hydrogen-bond donors (Lipinski definition) is 1. The summed E-state index contributed by atoms with van der Waals surface area (Å²) in [4.78, 5) is 13.1. The van der Waals surface area contributed by atoms with E-state index in [1.165, 1.54) is 4.31 Å². The summed E-state index contributed by atoms with van der Waals surface area (Å²) in [6, 6.07) is 14.7. The van der Waals surface area contributed by atoms with Crippen molar-refractivity contribution in [3.63, 3.8) is 0 Å². The number of fused-ring (bicyclic) bond motifs is 1. The number of piperidine rings is 1. The van der Waals surface area contributed by atoms with Gasteiger partial charge in [0, 0.05) is 48.8 Å². The minimum Gasteiger partial charge on any atom is -0.496 e. The van der Waals surface area contributed by atoms with Crippen LogP contribution in [-0.4, -0.2) is 43.4 Å². The van der Waals surface area contributed by atoms with E-state index in [-0.39, 0.29) is 23.3 Å². The fraction of sp³-hybridized carbons (Fsp3) is 0.375. The molecule has 2 heterocycles. The summed E-state index contributed by atoms with van der Waals surface area (Å²) in [5.41, 5.74) is 1.90. The average molecular weight is 456 g/mol. The Balaban J connectivity index is 1.46. The fourth-order valence-corrected chi connectivity index (χ4v) is 5.87. The molecule has 7 nitrogen and oxygen atoms in total. The van der Waals surface area contributed by atoms with Gasteiger partial charge in [0.1, 0.15) is 5.75 Å². The number of rotatable bonds is 7. The maximum absolute atomic E-state index is 13.3. The summed E-state index contributed by atoms with van der Waals surface area (Å²) >= 11 is 0. The molecule has 1 saturated heterocycles. The monoisotopic (exact) mass is 455 g/mol. The van der Waals surface area contributed by atoms with Crippen molar-refractivity contribution in [3.8, 4) is 5.75 Å². The van der Waals surface area contributed by atoms with E-state index in [1.54, 1.807) is 19.2 Å². The number of aromatic nitrogens is 1. The van der Waals surface area contributed by atoms with Crippen molar-refractivity contribution >= 4 is 26.8 Å². The number of aryl methyl sites for hydroxylation is 1. The smallest absolute Gasteiger partial charge is 0.243 e. The Kier molecular flexibility index (Phi) is 6.53. The molecule has 1 aliphatic rings. The highest BCUT2D eigenvalue weighted by atomic mass is 32.2. The zero-order chi connectivity index (χ0) is 22.7. The summed E-state index contributed by atoms with van der Waals surface area (Å²) in [6.45, 7) is 3.84. The van der Waals surface area contributed by atoms with Crippen LogP contribution in [-0.2, 0) is 27.9 Å². The number of ether oxygens (including phenoxy) is 1. The van der Waals surface area contributed by atoms with Gasteiger partial charge in [0.2, 0.25) is 15.9 Å². The molecule has 1 aliphatic heterocycles. The number of hydrogen-bond acceptors (Lipinski definition) is 4. The number of benzene rings is 2. The van der Waals surface area contributed by atoms with Crippen molar-refractivity contribution in [1.29, 1.82) is 0 Å². The van der Waals surface area contributed by atoms with E-state index in [2.05, 4.69) is 16.8 Å². The molecule has 0 unspecified atom stereocenters. The van der Waals surface area contributed by atoms with Crippen LogP contribution in [0.15, 0.2) is 59.6 Å². The molecular weight excluding hydrogens is 426 g/mol. The third kappa shape index (κ3) is 4.38. The number of para-hydroxylation sites is 1. The average Bonchev–Trinajstić information content (AvgIpc) is 3.25. The van der Waals surface area contributed by atoms with Gasteiger partial charge in [0.25, 0.3) is 0 Å². The van der Waals surface area contributed by atoms with Gasteiger partial charge in [0.15, 0.2) is 0 Å². The van der Waals surface area contributed by atoms with Crippen LogP contribution in [0.3, 0.4) is 0 Å². The minimum atomic E-state index is -3.67. The van der Waals surface area contributed by atoms with Gasteiger partial charge in [-0.05, 0) is 50.1 Å². The van der Waals surface area contributed by atoms with E-state index in [9.17, 15) is 13.2 Å². The van der Waals surface area contributed by atoms with Crippen LogP contribution in [0, 0.1) is 5.92 Å². The van der Waals surface area contributed by atoms with E-state index in [0.717, 1.165) is 23.0 Å². The van der Waals surface area contributed by atoms with Crippen LogP contribution < -0.4 is 10.1 Å². The molecule has 8 heteroatoms. The highest BCUT2D eigenvalue weighted by Crippen LogP contribution is 2.27. The first kappa shape index (κ1) is 22.4. The lowest BCUT2D eigenvalue weighted by Gasteiger charge is -2.31. The first-order valence-electron chi connectivity index (χ1n) is 10.9. The number of amides is 1. The number of nitrogens with one attached hydrogen (secondary N) is 1. The second-order valence-electron chi connectivity index (χ2n) is 8.05. The van der Waals surface area contributed by atoms with E-state index in [0.29, 0.717) is 31.7 Å². The third-order valence-corrected chi connectivity index (χ3v) is 7.98. The molecule has 170 valence electrons. The molecule has 3 aromatic rings. The van der Waals surface area contributed by atoms with E-state index < -0.39 is 10.0 Å². The Hall–Kier alpha value is -2.84. The molecule has 0 aliphatic carbocycles. The lowest BCUT2D eigenvalue weighted by Crippen LogP contribution is -2.45. The number of sulfonamides is 1. The van der Waals surface area contributed by atoms with Crippen molar-refractivity contribution in [2.75, 3.05) is 20.2 Å². The summed E-state index contributed by atoms with van der Waals surface area (Å²) in [5, 5.41) is 3.84. The van der Waals surface area contributed by atoms with E-state index in [1.807, 2.05) is 42.6 Å². The Labute approximate surface area is 189 Å². The molecule has 1 fully saturated rings. The van der Waals surface area contributed by atoms with Gasteiger partial charge in [0.05, 0.1) is 17.9 Å². The Morgan fingerprint density at radius 2 is 2.00 bits per heavy atom. The molecule has 1 N–H and O–H groups in total. The van der Waals surface area contributed by atoms with Crippen molar-refractivity contribution < 1.29 is 17.9 Å². The van der Waals surface area contributed by atoms with E-state index >= 15 is 0 Å². The molecule has 1 atom stereocenters. The first-order valence-corrected chi connectivity index (χ1v) is 12.4. The molecule has 0 saturated carbocycles. The molecule has 0 radical (unpaired) electrons. The van der Waals surface area contributed by atoms with Crippen molar-refractivity contribution in [2.24, 2.45) is 5.92 Å². The third-order valence-electron chi connectivity index (χ3n) is 6.12. The zero-order valence-corrected chi connectivity index (χ0v) is 19.3. The van der Waals surface area contributed by atoms with Crippen molar-refractivity contribution in [3.05, 3.63) is 60.3 Å². The maximum atomic E-state index is 13.3. The highest BCUT2D eigenvalue weighted by molar-refractivity contribution is 7.89. The molecular formula is C24H29N3O4S. The fourth-order valence-electron chi connectivity index (χ4n) is 4.31. The Bertz CT molecular complexity index is 1220. The van der Waals surface area contributed by atoms with Gasteiger partial charge in [-0.1, -0.05) is 18.2 Å². The summed E-state index contributed by atoms with van der Waals surface area (Å²) in [5.74, 6) is 0.206. The molecule has 32 heavy (non-hydrogen) atoms. The topological polar surface area (TPSA) is 80.6 Å². The van der Waals surface area contributed by atoms with Gasteiger partial charge in [-0.15, -0.1) is 0 Å². The van der Waals surface area contributed by atoms with Crippen molar-refractivity contribution in [1.82, 2.24) is 14.2 Å². The number of nitrogens with zero attached hydrogens (tertiary/aromatic N) is 2. The second kappa shape index (κ2) is 9.34. The van der Waals surface area contributed by atoms with Crippen LogP contribution in [0.2, 0.25) is 0 Å². The van der Waals surface area contributed by atoms with Crippen LogP contribution in [0.4, 0.5) is 0 Å². The predicted octanol–water partition coefficient (Wildman–Crippen LogP) is 3.39. The molecule has 2 aromatic carbocycles. The normalized spacial score (nSPS) is 17.4. The highest BCUT2D eigenvalue weighted by Gasteiger charge is 2.33. The van der Waals surface area contributed by atoms with Crippen LogP contribution in [0.5, 0.6) is 5.75 Å². The molecule has 0 bridgehead atoms. The molecule has 1 aromatic heterocycles. The minimum absolute atomic E-state index is 0.133. The molecule has 0 spiro atoms. The standard InChI is InChI=1S/C24H29N3O4S/c1-3-26-14-12-18-15-21(10-11-22(18)26)32(29,30)27-13-6-8-20(17-27)24(28)25-16-19-7-4-5-9-23(19)31-2/h4-5,7,9-12,14-15,20H,3,6,8,13,16-17H2,1-2H3,(H,25,28)/t20-/m1/s1. The number of methoxy groups -OCH3 is 1. The number of carbonyl (C=O) groups is 1. The quantitative estimate of drug-likeness (QED) is 0.592. The molecule has 1 amide bonds. The zero-order valence-electron chi connectivity index (χ0n) is 18.5. The SMILES string of the molecule is CCn1ccc2cc(S(=O)(=O)N3CCC[C@@H](C(=O)NCc4ccccc4OC)C3)ccc21. The van der Waals surface area contributed by atoms with Gasteiger partial charge < -0.3 is 14.6 Å². The lowest BCUT2D eigenvalue weighted by atomic mass is 9.98. The summed E-state index contributed by atoms with van der Waals surface area (Å²) < 4.78 is 35.5. The maximum Gasteiger partial charge on any atom is 0.243 e. The second-order valence-corrected chi connectivity index (χ2v) is 9.99. The van der Waals surface area contributed by atoms with Crippen LogP contribution in [0.25, 0.3) is 10.9 Å². The first-order chi connectivity index (χ1) is 15.4. The van der Waals surface area contributed by atoms with Crippen molar-refractivity contribution in [2.45, 2.75) is 37.8 Å². The summed E-state index contributed by atoms with van der Waals surface area (Å²) in [7, 11) is -2.07. The predicted molar refractivity (Wildman–Crippen MR) is 124 cm³/mol. The van der Waals surface area contributed by atoms with Gasteiger partial charge in [-0.3, -0.25) is 4.79 Å². The van der Waals surface area contributed by atoms with Gasteiger partial charge in [-0.25, -0.2) is 8.42 Å². The van der Waals surface area contributed by atoms with Crippen LogP contribution in [0.1, 0.15) is 25.3 Å². The summed E-state index contributed by atoms with van der Waals surface area (Å²) in [6.07, 6.45) is 3.28. The Morgan fingerprint density at radius 3 is 2.78 bits per heavy atom. The number of carbonyl (C=O) groups excluding carboxylic acids is 1. The van der Waals surface area contributed by atoms with E-state index in [4.69, 9.17) is 4.74 Å². The lowest BCUT2D eigenvalue weighted by molar-refractivity contribution is -0.126. The van der Waals surface area contributed by atoms with Gasteiger partial charge in [-0.2, -0.15) is 4.31 Å². The van der Waals surface area contributed by atoms with Crippen LogP contribution >= 0.6 is 0 Å². The molecule has 4 rings (SSSR count). The Morgan fingerprint density at radius 1 is 1.19 bits per heavy atom.